The van der Waals surface area contributed by atoms with Gasteiger partial charge in [-0.1, -0.05) is 23.7 Å². The molecule has 0 saturated heterocycles. The van der Waals surface area contributed by atoms with E-state index in [9.17, 15) is 22.8 Å². The second-order valence-corrected chi connectivity index (χ2v) is 6.56. The summed E-state index contributed by atoms with van der Waals surface area (Å²) < 4.78 is 41.9. The molecule has 0 radical (unpaired) electrons. The number of amides is 1. The van der Waals surface area contributed by atoms with Crippen LogP contribution >= 0.6 is 11.6 Å². The highest BCUT2D eigenvalue weighted by atomic mass is 35.5. The first-order chi connectivity index (χ1) is 13.7. The van der Waals surface area contributed by atoms with Gasteiger partial charge in [-0.2, -0.15) is 13.2 Å². The van der Waals surface area contributed by atoms with E-state index < -0.39 is 18.7 Å². The number of carbonyl (C=O) groups excluding carboxylic acids is 1. The van der Waals surface area contributed by atoms with Gasteiger partial charge in [0.15, 0.2) is 6.61 Å². The molecule has 0 aliphatic heterocycles. The summed E-state index contributed by atoms with van der Waals surface area (Å²) in [5.41, 5.74) is 0.208. The van der Waals surface area contributed by atoms with E-state index in [1.807, 2.05) is 0 Å². The molecule has 6 nitrogen and oxygen atoms in total. The van der Waals surface area contributed by atoms with Crippen molar-refractivity contribution in [3.05, 3.63) is 63.7 Å². The van der Waals surface area contributed by atoms with Crippen molar-refractivity contribution in [1.82, 2.24) is 9.97 Å². The largest absolute Gasteiger partial charge is 0.482 e. The minimum absolute atomic E-state index is 0.0201. The lowest BCUT2D eigenvalue weighted by atomic mass is 10.2. The second-order valence-electron chi connectivity index (χ2n) is 6.12. The SMILES string of the molecule is O=C(CCc1nc2ccccc2c(=O)[nH]1)Nc1cc(Cl)ccc1OCC(F)(F)F. The van der Waals surface area contributed by atoms with Gasteiger partial charge in [0.05, 0.1) is 16.6 Å². The van der Waals surface area contributed by atoms with E-state index in [2.05, 4.69) is 15.3 Å². The van der Waals surface area contributed by atoms with Crippen molar-refractivity contribution in [1.29, 1.82) is 0 Å². The van der Waals surface area contributed by atoms with Crippen molar-refractivity contribution in [2.45, 2.75) is 19.0 Å². The van der Waals surface area contributed by atoms with E-state index in [-0.39, 0.29) is 34.9 Å². The van der Waals surface area contributed by atoms with Crippen molar-refractivity contribution in [2.75, 3.05) is 11.9 Å². The number of aryl methyl sites for hydroxylation is 1. The number of halogens is 4. The van der Waals surface area contributed by atoms with Gasteiger partial charge < -0.3 is 15.0 Å². The highest BCUT2D eigenvalue weighted by Crippen LogP contribution is 2.29. The molecule has 0 unspecified atom stereocenters. The fourth-order valence-corrected chi connectivity index (χ4v) is 2.76. The summed E-state index contributed by atoms with van der Waals surface area (Å²) in [5, 5.41) is 3.13. The molecular formula is C19H15ClF3N3O3. The first kappa shape index (κ1) is 20.7. The van der Waals surface area contributed by atoms with Crippen LogP contribution in [0, 0.1) is 0 Å². The number of aromatic nitrogens is 2. The van der Waals surface area contributed by atoms with E-state index >= 15 is 0 Å². The summed E-state index contributed by atoms with van der Waals surface area (Å²) in [4.78, 5) is 31.2. The lowest BCUT2D eigenvalue weighted by molar-refractivity contribution is -0.153. The summed E-state index contributed by atoms with van der Waals surface area (Å²) in [7, 11) is 0. The number of anilines is 1. The van der Waals surface area contributed by atoms with Crippen molar-refractivity contribution < 1.29 is 22.7 Å². The fourth-order valence-electron chi connectivity index (χ4n) is 2.58. The summed E-state index contributed by atoms with van der Waals surface area (Å²) >= 11 is 5.86. The lowest BCUT2D eigenvalue weighted by Gasteiger charge is -2.14. The Labute approximate surface area is 167 Å². The monoisotopic (exact) mass is 425 g/mol. The van der Waals surface area contributed by atoms with Gasteiger partial charge in [-0.05, 0) is 30.3 Å². The predicted molar refractivity (Wildman–Crippen MR) is 102 cm³/mol. The van der Waals surface area contributed by atoms with Gasteiger partial charge in [-0.25, -0.2) is 4.98 Å². The molecule has 0 atom stereocenters. The molecule has 2 aromatic carbocycles. The summed E-state index contributed by atoms with van der Waals surface area (Å²) in [6, 6.07) is 10.7. The van der Waals surface area contributed by atoms with Crippen LogP contribution in [0.25, 0.3) is 10.9 Å². The number of carbonyl (C=O) groups is 1. The van der Waals surface area contributed by atoms with Crippen LogP contribution in [-0.2, 0) is 11.2 Å². The third kappa shape index (κ3) is 5.71. The molecule has 0 bridgehead atoms. The smallest absolute Gasteiger partial charge is 0.422 e. The average molecular weight is 426 g/mol. The number of nitrogens with zero attached hydrogens (tertiary/aromatic N) is 1. The minimum Gasteiger partial charge on any atom is -0.482 e. The Hall–Kier alpha value is -3.07. The van der Waals surface area contributed by atoms with E-state index in [0.29, 0.717) is 16.7 Å². The van der Waals surface area contributed by atoms with Crippen LogP contribution in [0.5, 0.6) is 5.75 Å². The molecular weight excluding hydrogens is 411 g/mol. The number of H-pyrrole nitrogens is 1. The van der Waals surface area contributed by atoms with E-state index in [1.54, 1.807) is 24.3 Å². The van der Waals surface area contributed by atoms with Gasteiger partial charge in [-0.3, -0.25) is 9.59 Å². The molecule has 152 valence electrons. The van der Waals surface area contributed by atoms with E-state index in [4.69, 9.17) is 16.3 Å². The first-order valence-corrected chi connectivity index (χ1v) is 8.86. The molecule has 3 aromatic rings. The standard InChI is InChI=1S/C19H15ClF3N3O3/c20-11-5-6-15(29-10-19(21,22)23)14(9-11)25-17(27)8-7-16-24-13-4-2-1-3-12(13)18(28)26-16/h1-6,9H,7-8,10H2,(H,25,27)(H,24,26,28). The summed E-state index contributed by atoms with van der Waals surface area (Å²) in [5.74, 6) is -0.333. The zero-order chi connectivity index (χ0) is 21.0. The highest BCUT2D eigenvalue weighted by Gasteiger charge is 2.29. The van der Waals surface area contributed by atoms with Gasteiger partial charge in [0.1, 0.15) is 11.6 Å². The van der Waals surface area contributed by atoms with Gasteiger partial charge >= 0.3 is 6.18 Å². The Morgan fingerprint density at radius 3 is 2.72 bits per heavy atom. The molecule has 1 aromatic heterocycles. The van der Waals surface area contributed by atoms with Gasteiger partial charge in [0.2, 0.25) is 5.91 Å². The number of benzene rings is 2. The number of para-hydroxylation sites is 1. The van der Waals surface area contributed by atoms with Crippen LogP contribution in [0.4, 0.5) is 18.9 Å². The quantitative estimate of drug-likeness (QED) is 0.623. The van der Waals surface area contributed by atoms with Crippen molar-refractivity contribution in [3.8, 4) is 5.75 Å². The maximum atomic E-state index is 12.4. The predicted octanol–water partition coefficient (Wildman–Crippen LogP) is 4.09. The van der Waals surface area contributed by atoms with Crippen LogP contribution in [0.1, 0.15) is 12.2 Å². The third-order valence-corrected chi connectivity index (χ3v) is 4.09. The molecule has 1 heterocycles. The number of hydrogen-bond donors (Lipinski definition) is 2. The van der Waals surface area contributed by atoms with Crippen LogP contribution < -0.4 is 15.6 Å². The summed E-state index contributed by atoms with van der Waals surface area (Å²) in [6.45, 7) is -1.50. The molecule has 3 rings (SSSR count). The molecule has 1 amide bonds. The first-order valence-electron chi connectivity index (χ1n) is 8.48. The molecule has 0 saturated carbocycles. The summed E-state index contributed by atoms with van der Waals surface area (Å²) in [6.07, 6.45) is -4.45. The van der Waals surface area contributed by atoms with Crippen LogP contribution in [0.3, 0.4) is 0 Å². The molecule has 10 heteroatoms. The number of rotatable bonds is 6. The number of alkyl halides is 3. The van der Waals surface area contributed by atoms with Crippen molar-refractivity contribution in [3.63, 3.8) is 0 Å². The molecule has 0 aliphatic rings. The second kappa shape index (κ2) is 8.52. The molecule has 2 N–H and O–H groups in total. The van der Waals surface area contributed by atoms with Gasteiger partial charge in [0.25, 0.3) is 5.56 Å². The number of ether oxygens (including phenoxy) is 1. The zero-order valence-electron chi connectivity index (χ0n) is 14.8. The molecule has 0 fully saturated rings. The normalized spacial score (nSPS) is 11.4. The Kier molecular flexibility index (Phi) is 6.07. The van der Waals surface area contributed by atoms with E-state index in [1.165, 1.54) is 18.2 Å². The maximum absolute atomic E-state index is 12.4. The topological polar surface area (TPSA) is 84.1 Å². The fraction of sp³-hybridized carbons (Fsp3) is 0.211. The zero-order valence-corrected chi connectivity index (χ0v) is 15.6. The Balaban J connectivity index is 1.68. The number of fused-ring (bicyclic) bond motifs is 1. The number of aromatic amines is 1. The lowest BCUT2D eigenvalue weighted by Crippen LogP contribution is -2.20. The Bertz CT molecular complexity index is 1100. The minimum atomic E-state index is -4.52. The van der Waals surface area contributed by atoms with Crippen LogP contribution in [-0.4, -0.2) is 28.7 Å². The number of nitrogens with one attached hydrogen (secondary N) is 2. The van der Waals surface area contributed by atoms with Crippen LogP contribution in [0.15, 0.2) is 47.3 Å². The highest BCUT2D eigenvalue weighted by molar-refractivity contribution is 6.31. The Morgan fingerprint density at radius 1 is 1.21 bits per heavy atom. The van der Waals surface area contributed by atoms with Gasteiger partial charge in [0, 0.05) is 17.9 Å². The third-order valence-electron chi connectivity index (χ3n) is 3.86. The molecule has 0 spiro atoms. The molecule has 29 heavy (non-hydrogen) atoms. The number of hydrogen-bond acceptors (Lipinski definition) is 4. The molecule has 0 aliphatic carbocycles. The van der Waals surface area contributed by atoms with E-state index in [0.717, 1.165) is 0 Å². The Morgan fingerprint density at radius 2 is 1.97 bits per heavy atom. The van der Waals surface area contributed by atoms with Crippen molar-refractivity contribution in [2.24, 2.45) is 0 Å². The van der Waals surface area contributed by atoms with Crippen LogP contribution in [0.2, 0.25) is 5.02 Å². The van der Waals surface area contributed by atoms with Gasteiger partial charge in [-0.15, -0.1) is 0 Å². The maximum Gasteiger partial charge on any atom is 0.422 e. The average Bonchev–Trinajstić information content (AvgIpc) is 2.65. The van der Waals surface area contributed by atoms with Crippen molar-refractivity contribution >= 4 is 34.1 Å².